The van der Waals surface area contributed by atoms with Crippen molar-refractivity contribution in [2.45, 2.75) is 219 Å². The number of esters is 3. The van der Waals surface area contributed by atoms with Crippen LogP contribution in [0.4, 0.5) is 0 Å². The Morgan fingerprint density at radius 2 is 0.845 bits per heavy atom. The fourth-order valence-corrected chi connectivity index (χ4v) is 6.00. The molecule has 0 unspecified atom stereocenters. The highest BCUT2D eigenvalue weighted by molar-refractivity contribution is 7.80. The molecule has 0 radical (unpaired) electrons. The summed E-state index contributed by atoms with van der Waals surface area (Å²) in [6, 6.07) is -0.816. The van der Waals surface area contributed by atoms with Crippen LogP contribution in [0.2, 0.25) is 0 Å². The minimum absolute atomic E-state index is 0.190. The predicted molar refractivity (Wildman–Crippen MR) is 237 cm³/mol. The number of carbonyl (C=O) groups is 5. The highest BCUT2D eigenvalue weighted by atomic mass is 32.1. The Morgan fingerprint density at radius 1 is 0.500 bits per heavy atom. The maximum Gasteiger partial charge on any atom is 0.321 e. The third-order valence-corrected chi connectivity index (χ3v) is 9.89. The van der Waals surface area contributed by atoms with E-state index in [1.165, 1.54) is 89.9 Å². The summed E-state index contributed by atoms with van der Waals surface area (Å²) in [6.45, 7) is 4.01. The molecule has 0 rings (SSSR count). The molecule has 0 fully saturated rings. The molecule has 0 aromatic heterocycles. The van der Waals surface area contributed by atoms with Crippen LogP contribution in [0.5, 0.6) is 0 Å². The largest absolute Gasteiger partial charge is 0.481 e. The van der Waals surface area contributed by atoms with Gasteiger partial charge < -0.3 is 30.2 Å². The fourth-order valence-electron chi connectivity index (χ4n) is 5.84. The lowest BCUT2D eigenvalue weighted by Crippen LogP contribution is -2.31. The Labute approximate surface area is 357 Å². The van der Waals surface area contributed by atoms with Crippen molar-refractivity contribution in [1.29, 1.82) is 0 Å². The van der Waals surface area contributed by atoms with Gasteiger partial charge in [-0.2, -0.15) is 12.6 Å². The van der Waals surface area contributed by atoms with Gasteiger partial charge in [-0.25, -0.2) is 0 Å². The summed E-state index contributed by atoms with van der Waals surface area (Å²) >= 11 is 3.65. The van der Waals surface area contributed by atoms with Crippen LogP contribution >= 0.6 is 12.6 Å². The molecule has 0 saturated carbocycles. The Hall–Kier alpha value is -2.86. The van der Waals surface area contributed by atoms with Crippen molar-refractivity contribution in [3.63, 3.8) is 0 Å². The molecule has 0 aliphatic heterocycles. The number of thiol groups is 1. The third-order valence-electron chi connectivity index (χ3n) is 9.50. The highest BCUT2D eigenvalue weighted by Crippen LogP contribution is 2.13. The molecule has 12 heteroatoms. The maximum atomic E-state index is 12.5. The monoisotopic (exact) mass is 842 g/mol. The molecule has 0 aliphatic carbocycles. The van der Waals surface area contributed by atoms with Gasteiger partial charge in [0.2, 0.25) is 0 Å². The lowest BCUT2D eigenvalue weighted by atomic mass is 10.1. The lowest BCUT2D eigenvalue weighted by molar-refractivity contribution is -0.167. The van der Waals surface area contributed by atoms with Crippen molar-refractivity contribution >= 4 is 42.5 Å². The number of carboxylic acid groups (broad SMARTS) is 2. The van der Waals surface area contributed by atoms with E-state index in [0.29, 0.717) is 6.42 Å². The topological polar surface area (TPSA) is 180 Å². The van der Waals surface area contributed by atoms with E-state index in [9.17, 15) is 24.0 Å². The van der Waals surface area contributed by atoms with Gasteiger partial charge in [0.05, 0.1) is 12.8 Å². The summed E-state index contributed by atoms with van der Waals surface area (Å²) in [4.78, 5) is 57.3. The Balaban J connectivity index is 0. The molecule has 11 nitrogen and oxygen atoms in total. The number of rotatable bonds is 40. The van der Waals surface area contributed by atoms with Crippen molar-refractivity contribution in [2.24, 2.45) is 5.73 Å². The molecule has 2 atom stereocenters. The van der Waals surface area contributed by atoms with Crippen LogP contribution in [0.15, 0.2) is 24.3 Å². The van der Waals surface area contributed by atoms with E-state index in [4.69, 9.17) is 30.2 Å². The van der Waals surface area contributed by atoms with E-state index in [1.54, 1.807) is 0 Å². The number of allylic oxidation sites excluding steroid dienone is 4. The van der Waals surface area contributed by atoms with Crippen molar-refractivity contribution in [3.8, 4) is 0 Å². The molecular formula is C46H83NO10S. The van der Waals surface area contributed by atoms with Gasteiger partial charge in [-0.15, -0.1) is 0 Å². The van der Waals surface area contributed by atoms with Crippen LogP contribution < -0.4 is 5.73 Å². The first-order chi connectivity index (χ1) is 28.1. The van der Waals surface area contributed by atoms with Crippen LogP contribution in [0.3, 0.4) is 0 Å². The first-order valence-corrected chi connectivity index (χ1v) is 23.3. The second-order valence-corrected chi connectivity index (χ2v) is 15.5. The molecule has 0 bridgehead atoms. The van der Waals surface area contributed by atoms with Gasteiger partial charge in [0.1, 0.15) is 19.3 Å². The minimum atomic E-state index is -1.10. The smallest absolute Gasteiger partial charge is 0.321 e. The molecule has 58 heavy (non-hydrogen) atoms. The number of aliphatic carboxylic acids is 2. The van der Waals surface area contributed by atoms with Crippen LogP contribution in [-0.4, -0.2) is 71.2 Å². The summed E-state index contributed by atoms with van der Waals surface area (Å²) in [5, 5.41) is 16.8. The summed E-state index contributed by atoms with van der Waals surface area (Å²) < 4.78 is 16.0. The Bertz CT molecular complexity index is 1070. The van der Waals surface area contributed by atoms with Crippen molar-refractivity contribution < 1.29 is 48.4 Å². The van der Waals surface area contributed by atoms with E-state index in [0.717, 1.165) is 70.6 Å². The lowest BCUT2D eigenvalue weighted by Gasteiger charge is -2.18. The number of hydrogen-bond donors (Lipinski definition) is 4. The summed E-state index contributed by atoms with van der Waals surface area (Å²) in [6.07, 6.45) is 38.7. The molecule has 0 heterocycles. The zero-order valence-electron chi connectivity index (χ0n) is 36.5. The van der Waals surface area contributed by atoms with E-state index in [-0.39, 0.29) is 50.6 Å². The first-order valence-electron chi connectivity index (χ1n) is 22.7. The number of hydrogen-bond acceptors (Lipinski definition) is 10. The quantitative estimate of drug-likeness (QED) is 0.0152. The predicted octanol–water partition coefficient (Wildman–Crippen LogP) is 11.3. The minimum Gasteiger partial charge on any atom is -0.481 e. The summed E-state index contributed by atoms with van der Waals surface area (Å²) in [5.41, 5.74) is 4.94. The number of ether oxygens (including phenoxy) is 3. The maximum absolute atomic E-state index is 12.5. The Morgan fingerprint density at radius 3 is 1.19 bits per heavy atom. The average Bonchev–Trinajstić information content (AvgIpc) is 3.20. The van der Waals surface area contributed by atoms with Crippen LogP contribution in [0, 0.1) is 0 Å². The highest BCUT2D eigenvalue weighted by Gasteiger charge is 2.20. The third kappa shape index (κ3) is 45.8. The zero-order chi connectivity index (χ0) is 43.3. The average molecular weight is 842 g/mol. The second-order valence-electron chi connectivity index (χ2n) is 15.2. The SMILES string of the molecule is CCCCCCCC/C=C\CCCCCCCC(=O)OC[C@H](COC(=O)CCC(=O)O)OC(=O)CCCCCCC/C=C\CCCCCCCC.N[C@@H](CS)C(=O)O. The number of unbranched alkanes of at least 4 members (excludes halogenated alkanes) is 22. The van der Waals surface area contributed by atoms with Crippen molar-refractivity contribution in [2.75, 3.05) is 19.0 Å². The van der Waals surface area contributed by atoms with E-state index >= 15 is 0 Å². The van der Waals surface area contributed by atoms with Crippen LogP contribution in [0.1, 0.15) is 206 Å². The van der Waals surface area contributed by atoms with E-state index < -0.39 is 36.0 Å². The molecule has 0 spiro atoms. The first kappa shape index (κ1) is 57.2. The summed E-state index contributed by atoms with van der Waals surface area (Å²) in [7, 11) is 0. The molecule has 0 aromatic carbocycles. The molecule has 0 aliphatic rings. The second kappa shape index (κ2) is 45.2. The molecule has 0 amide bonds. The van der Waals surface area contributed by atoms with Crippen molar-refractivity contribution in [3.05, 3.63) is 24.3 Å². The van der Waals surface area contributed by atoms with E-state index in [1.807, 2.05) is 0 Å². The number of carbonyl (C=O) groups excluding carboxylic acids is 3. The number of carboxylic acids is 2. The van der Waals surface area contributed by atoms with Gasteiger partial charge in [0, 0.05) is 18.6 Å². The van der Waals surface area contributed by atoms with Gasteiger partial charge in [0.15, 0.2) is 6.10 Å². The van der Waals surface area contributed by atoms with Gasteiger partial charge >= 0.3 is 29.8 Å². The van der Waals surface area contributed by atoms with Gasteiger partial charge in [-0.1, -0.05) is 141 Å². The van der Waals surface area contributed by atoms with Gasteiger partial charge in [-0.3, -0.25) is 24.0 Å². The van der Waals surface area contributed by atoms with Gasteiger partial charge in [0.25, 0.3) is 0 Å². The zero-order valence-corrected chi connectivity index (χ0v) is 37.4. The molecule has 0 saturated heterocycles. The molecular weight excluding hydrogens is 759 g/mol. The Kier molecular flexibility index (Phi) is 44.6. The van der Waals surface area contributed by atoms with Crippen molar-refractivity contribution in [1.82, 2.24) is 0 Å². The normalized spacial score (nSPS) is 12.2. The molecule has 4 N–H and O–H groups in total. The summed E-state index contributed by atoms with van der Waals surface area (Å²) in [5.74, 6) is -3.41. The van der Waals surface area contributed by atoms with Gasteiger partial charge in [-0.05, 0) is 64.2 Å². The number of nitrogens with two attached hydrogens (primary N) is 1. The van der Waals surface area contributed by atoms with E-state index in [2.05, 4.69) is 50.8 Å². The fraction of sp³-hybridized carbons (Fsp3) is 0.804. The molecule has 0 aromatic rings. The standard InChI is InChI=1S/C43H76O8.C3H7NO2S/c1-3-5-7-9-11-13-15-17-19-21-23-25-27-29-31-33-41(46)49-37-39(38-50-42(47)36-35-40(44)45)51-43(48)34-32-30-28-26-24-22-20-18-16-14-12-10-8-6-4-2;4-2(1-7)3(5)6/h17-20,39H,3-16,21-38H2,1-2H3,(H,44,45);2,7H,1,4H2,(H,5,6)/b19-17-,20-18-;/t39-;2-/m10/s1. The molecule has 338 valence electrons. The van der Waals surface area contributed by atoms with Crippen LogP contribution in [-0.2, 0) is 38.2 Å². The van der Waals surface area contributed by atoms with Crippen LogP contribution in [0.25, 0.3) is 0 Å².